The second-order valence-electron chi connectivity index (χ2n) is 3.79. The number of aryl methyl sites for hydroxylation is 1. The molecule has 5 heteroatoms. The third kappa shape index (κ3) is 1.55. The highest BCUT2D eigenvalue weighted by atomic mass is 32.1. The lowest BCUT2D eigenvalue weighted by Gasteiger charge is -2.03. The summed E-state index contributed by atoms with van der Waals surface area (Å²) in [5.74, 6) is 0. The van der Waals surface area contributed by atoms with Crippen molar-refractivity contribution in [2.45, 2.75) is 6.92 Å². The predicted octanol–water partition coefficient (Wildman–Crippen LogP) is 2.79. The van der Waals surface area contributed by atoms with Crippen LogP contribution in [0.15, 0.2) is 36.5 Å². The van der Waals surface area contributed by atoms with Gasteiger partial charge in [0.2, 0.25) is 0 Å². The van der Waals surface area contributed by atoms with Crippen LogP contribution in [0.1, 0.15) is 5.69 Å². The maximum Gasteiger partial charge on any atom is 0.146 e. The van der Waals surface area contributed by atoms with E-state index >= 15 is 0 Å². The van der Waals surface area contributed by atoms with Crippen LogP contribution in [-0.4, -0.2) is 20.0 Å². The van der Waals surface area contributed by atoms with E-state index in [1.807, 2.05) is 41.9 Å². The van der Waals surface area contributed by atoms with Crippen LogP contribution in [0.5, 0.6) is 0 Å². The molecule has 1 aromatic carbocycles. The number of aromatic nitrogens is 4. The zero-order chi connectivity index (χ0) is 11.8. The van der Waals surface area contributed by atoms with Crippen molar-refractivity contribution in [2.75, 3.05) is 0 Å². The van der Waals surface area contributed by atoms with Crippen LogP contribution >= 0.6 is 12.2 Å². The number of nitrogens with zero attached hydrogens (tertiary/aromatic N) is 3. The summed E-state index contributed by atoms with van der Waals surface area (Å²) >= 11 is 5.28. The quantitative estimate of drug-likeness (QED) is 0.667. The molecule has 0 unspecified atom stereocenters. The molecular weight excluding hydrogens is 232 g/mol. The molecule has 0 radical (unpaired) electrons. The lowest BCUT2D eigenvalue weighted by molar-refractivity contribution is 0.899. The zero-order valence-corrected chi connectivity index (χ0v) is 10.0. The van der Waals surface area contributed by atoms with E-state index in [2.05, 4.69) is 15.3 Å². The highest BCUT2D eigenvalue weighted by molar-refractivity contribution is 7.71. The van der Waals surface area contributed by atoms with Crippen LogP contribution in [0.25, 0.3) is 16.6 Å². The summed E-state index contributed by atoms with van der Waals surface area (Å²) in [6.07, 6.45) is 1.80. The Kier molecular flexibility index (Phi) is 2.26. The number of benzene rings is 1. The number of hydrogen-bond acceptors (Lipinski definition) is 3. The number of nitrogens with one attached hydrogen (secondary N) is 1. The number of hydrogen-bond donors (Lipinski definition) is 1. The van der Waals surface area contributed by atoms with Crippen molar-refractivity contribution in [2.24, 2.45) is 0 Å². The average molecular weight is 242 g/mol. The van der Waals surface area contributed by atoms with Gasteiger partial charge < -0.3 is 0 Å². The molecule has 0 spiro atoms. The normalized spacial score (nSPS) is 10.9. The highest BCUT2D eigenvalue weighted by Gasteiger charge is 2.08. The molecule has 0 aliphatic carbocycles. The SMILES string of the molecule is Cc1n[nH]c(=S)c2c1cnn2-c1ccccc1. The summed E-state index contributed by atoms with van der Waals surface area (Å²) < 4.78 is 2.44. The van der Waals surface area contributed by atoms with Gasteiger partial charge >= 0.3 is 0 Å². The topological polar surface area (TPSA) is 46.5 Å². The highest BCUT2D eigenvalue weighted by Crippen LogP contribution is 2.19. The van der Waals surface area contributed by atoms with Crippen LogP contribution in [0.4, 0.5) is 0 Å². The molecule has 0 bridgehead atoms. The largest absolute Gasteiger partial charge is 0.266 e. The van der Waals surface area contributed by atoms with Gasteiger partial charge in [0.05, 0.1) is 17.6 Å². The van der Waals surface area contributed by atoms with Gasteiger partial charge in [0.25, 0.3) is 0 Å². The molecule has 3 rings (SSSR count). The predicted molar refractivity (Wildman–Crippen MR) is 68.8 cm³/mol. The second kappa shape index (κ2) is 3.78. The molecular formula is C12H10N4S. The van der Waals surface area contributed by atoms with E-state index in [0.717, 1.165) is 22.3 Å². The molecule has 4 nitrogen and oxygen atoms in total. The molecule has 17 heavy (non-hydrogen) atoms. The average Bonchev–Trinajstić information content (AvgIpc) is 2.81. The minimum Gasteiger partial charge on any atom is -0.266 e. The second-order valence-corrected chi connectivity index (χ2v) is 4.20. The van der Waals surface area contributed by atoms with Crippen LogP contribution in [0, 0.1) is 11.6 Å². The molecule has 0 atom stereocenters. The minimum absolute atomic E-state index is 0.604. The summed E-state index contributed by atoms with van der Waals surface area (Å²) in [5, 5.41) is 12.3. The first-order chi connectivity index (χ1) is 8.27. The van der Waals surface area contributed by atoms with Crippen molar-refractivity contribution in [3.8, 4) is 5.69 Å². The van der Waals surface area contributed by atoms with E-state index in [1.165, 1.54) is 0 Å². The Bertz CT molecular complexity index is 727. The molecule has 0 aliphatic heterocycles. The van der Waals surface area contributed by atoms with E-state index in [9.17, 15) is 0 Å². The zero-order valence-electron chi connectivity index (χ0n) is 9.21. The Balaban J connectivity index is 2.40. The summed E-state index contributed by atoms with van der Waals surface area (Å²) in [7, 11) is 0. The van der Waals surface area contributed by atoms with Gasteiger partial charge in [-0.1, -0.05) is 30.4 Å². The number of H-pyrrole nitrogens is 1. The van der Waals surface area contributed by atoms with Crippen molar-refractivity contribution < 1.29 is 0 Å². The Morgan fingerprint density at radius 3 is 2.76 bits per heavy atom. The summed E-state index contributed by atoms with van der Waals surface area (Å²) in [6, 6.07) is 9.92. The monoisotopic (exact) mass is 242 g/mol. The van der Waals surface area contributed by atoms with Crippen molar-refractivity contribution >= 4 is 23.1 Å². The molecule has 2 heterocycles. The number of fused-ring (bicyclic) bond motifs is 1. The Hall–Kier alpha value is -2.01. The third-order valence-electron chi connectivity index (χ3n) is 2.70. The standard InChI is InChI=1S/C12H10N4S/c1-8-10-7-13-16(9-5-3-2-4-6-9)11(10)12(17)15-14-8/h2-7H,1H3,(H,15,17). The fourth-order valence-corrected chi connectivity index (χ4v) is 2.09. The minimum atomic E-state index is 0.604. The van der Waals surface area contributed by atoms with Crippen molar-refractivity contribution in [3.63, 3.8) is 0 Å². The van der Waals surface area contributed by atoms with Crippen LogP contribution in [0.3, 0.4) is 0 Å². The van der Waals surface area contributed by atoms with Crippen molar-refractivity contribution in [1.82, 2.24) is 20.0 Å². The summed E-state index contributed by atoms with van der Waals surface area (Å²) in [6.45, 7) is 1.94. The molecule has 2 aromatic heterocycles. The fraction of sp³-hybridized carbons (Fsp3) is 0.0833. The van der Waals surface area contributed by atoms with Gasteiger partial charge in [-0.25, -0.2) is 4.68 Å². The maximum atomic E-state index is 5.28. The third-order valence-corrected chi connectivity index (χ3v) is 2.98. The Labute approximate surface area is 103 Å². The molecule has 84 valence electrons. The van der Waals surface area contributed by atoms with Gasteiger partial charge in [0.15, 0.2) is 0 Å². The molecule has 0 saturated carbocycles. The molecule has 0 aliphatic rings. The summed E-state index contributed by atoms with van der Waals surface area (Å²) in [5.41, 5.74) is 2.79. The van der Waals surface area contributed by atoms with E-state index in [1.54, 1.807) is 6.20 Å². The number of aromatic amines is 1. The number of para-hydroxylation sites is 1. The van der Waals surface area contributed by atoms with E-state index in [-0.39, 0.29) is 0 Å². The van der Waals surface area contributed by atoms with E-state index < -0.39 is 0 Å². The van der Waals surface area contributed by atoms with Gasteiger partial charge in [0, 0.05) is 5.39 Å². The lowest BCUT2D eigenvalue weighted by Crippen LogP contribution is -1.97. The first-order valence-corrected chi connectivity index (χ1v) is 5.66. The van der Waals surface area contributed by atoms with Gasteiger partial charge in [-0.3, -0.25) is 5.10 Å². The van der Waals surface area contributed by atoms with Gasteiger partial charge in [-0.05, 0) is 19.1 Å². The van der Waals surface area contributed by atoms with E-state index in [4.69, 9.17) is 12.2 Å². The molecule has 3 aromatic rings. The van der Waals surface area contributed by atoms with Crippen LogP contribution < -0.4 is 0 Å². The van der Waals surface area contributed by atoms with Crippen molar-refractivity contribution in [3.05, 3.63) is 46.9 Å². The molecule has 0 amide bonds. The van der Waals surface area contributed by atoms with Gasteiger partial charge in [-0.15, -0.1) is 0 Å². The summed E-state index contributed by atoms with van der Waals surface area (Å²) in [4.78, 5) is 0. The fourth-order valence-electron chi connectivity index (χ4n) is 1.84. The van der Waals surface area contributed by atoms with E-state index in [0.29, 0.717) is 4.64 Å². The molecule has 0 saturated heterocycles. The smallest absolute Gasteiger partial charge is 0.146 e. The Morgan fingerprint density at radius 1 is 1.24 bits per heavy atom. The first-order valence-electron chi connectivity index (χ1n) is 5.26. The Morgan fingerprint density at radius 2 is 2.00 bits per heavy atom. The van der Waals surface area contributed by atoms with Gasteiger partial charge in [0.1, 0.15) is 10.2 Å². The van der Waals surface area contributed by atoms with Gasteiger partial charge in [-0.2, -0.15) is 10.2 Å². The number of rotatable bonds is 1. The molecule has 0 fully saturated rings. The first kappa shape index (κ1) is 10.2. The maximum absolute atomic E-state index is 5.28. The van der Waals surface area contributed by atoms with Crippen LogP contribution in [0.2, 0.25) is 0 Å². The lowest BCUT2D eigenvalue weighted by atomic mass is 10.3. The van der Waals surface area contributed by atoms with Crippen molar-refractivity contribution in [1.29, 1.82) is 0 Å². The molecule has 1 N–H and O–H groups in total. The van der Waals surface area contributed by atoms with Crippen LogP contribution in [-0.2, 0) is 0 Å².